The van der Waals surface area contributed by atoms with Crippen molar-refractivity contribution in [3.63, 3.8) is 0 Å². The molecule has 2 heterocycles. The molecular formula is C14H23N5O. The maximum Gasteiger partial charge on any atom is 0.276 e. The quantitative estimate of drug-likeness (QED) is 0.711. The molecule has 0 saturated heterocycles. The van der Waals surface area contributed by atoms with E-state index in [9.17, 15) is 4.79 Å². The molecule has 6 nitrogen and oxygen atoms in total. The highest BCUT2D eigenvalue weighted by Crippen LogP contribution is 1.93. The lowest BCUT2D eigenvalue weighted by atomic mass is 10.4. The molecule has 0 aliphatic heterocycles. The van der Waals surface area contributed by atoms with Gasteiger partial charge in [0.1, 0.15) is 5.52 Å². The van der Waals surface area contributed by atoms with Crippen molar-refractivity contribution in [3.8, 4) is 0 Å². The molecule has 0 radical (unpaired) electrons. The Kier molecular flexibility index (Phi) is 5.31. The summed E-state index contributed by atoms with van der Waals surface area (Å²) in [5, 5.41) is 7.43. The average Bonchev–Trinajstić information content (AvgIpc) is 2.94. The summed E-state index contributed by atoms with van der Waals surface area (Å²) in [5.74, 6) is 0. The first-order chi connectivity index (χ1) is 9.76. The fourth-order valence-corrected chi connectivity index (χ4v) is 2.24. The maximum absolute atomic E-state index is 12.1. The molecule has 0 atom stereocenters. The average molecular weight is 277 g/mol. The molecular weight excluding hydrogens is 254 g/mol. The van der Waals surface area contributed by atoms with E-state index >= 15 is 0 Å². The maximum atomic E-state index is 12.1. The van der Waals surface area contributed by atoms with E-state index in [-0.39, 0.29) is 5.56 Å². The second-order valence-corrected chi connectivity index (χ2v) is 4.73. The highest BCUT2D eigenvalue weighted by atomic mass is 16.1. The van der Waals surface area contributed by atoms with E-state index in [0.29, 0.717) is 12.1 Å². The summed E-state index contributed by atoms with van der Waals surface area (Å²) >= 11 is 0. The molecule has 2 aromatic heterocycles. The van der Waals surface area contributed by atoms with Gasteiger partial charge >= 0.3 is 0 Å². The van der Waals surface area contributed by atoms with Crippen LogP contribution in [-0.2, 0) is 6.54 Å². The molecule has 2 aromatic rings. The Bertz CT molecular complexity index is 585. The summed E-state index contributed by atoms with van der Waals surface area (Å²) in [7, 11) is 0. The first-order valence-corrected chi connectivity index (χ1v) is 7.22. The number of nitrogens with zero attached hydrogens (tertiary/aromatic N) is 4. The number of likely N-dealkylation sites (N-methyl/N-ethyl adjacent to an activating group) is 1. The van der Waals surface area contributed by atoms with E-state index in [0.717, 1.165) is 32.7 Å². The fourth-order valence-electron chi connectivity index (χ4n) is 2.24. The van der Waals surface area contributed by atoms with E-state index in [2.05, 4.69) is 29.2 Å². The summed E-state index contributed by atoms with van der Waals surface area (Å²) in [4.78, 5) is 14.5. The molecule has 20 heavy (non-hydrogen) atoms. The smallest absolute Gasteiger partial charge is 0.276 e. The molecule has 2 rings (SSSR count). The predicted octanol–water partition coefficient (Wildman–Crippen LogP) is 0.427. The Hall–Kier alpha value is -1.66. The molecule has 0 aliphatic rings. The Morgan fingerprint density at radius 2 is 2.05 bits per heavy atom. The van der Waals surface area contributed by atoms with Crippen LogP contribution in [0.3, 0.4) is 0 Å². The van der Waals surface area contributed by atoms with Crippen LogP contribution < -0.4 is 10.9 Å². The van der Waals surface area contributed by atoms with Gasteiger partial charge in [0, 0.05) is 38.6 Å². The molecule has 0 fully saturated rings. The van der Waals surface area contributed by atoms with E-state index in [1.165, 1.54) is 0 Å². The lowest BCUT2D eigenvalue weighted by molar-refractivity contribution is 0.302. The zero-order valence-electron chi connectivity index (χ0n) is 12.2. The van der Waals surface area contributed by atoms with Crippen LogP contribution in [0.25, 0.3) is 5.52 Å². The topological polar surface area (TPSA) is 54.6 Å². The van der Waals surface area contributed by atoms with Crippen molar-refractivity contribution in [3.05, 3.63) is 35.0 Å². The highest BCUT2D eigenvalue weighted by molar-refractivity contribution is 5.42. The standard InChI is InChI=1S/C14H23N5O/c1-3-17(4-2)9-7-15-8-10-18-11-12-19-13(14(18)20)5-6-16-19/h5-6,11-12,15H,3-4,7-10H2,1-2H3. The molecule has 0 unspecified atom stereocenters. The molecule has 6 heteroatoms. The van der Waals surface area contributed by atoms with Crippen LogP contribution in [0.15, 0.2) is 29.5 Å². The fraction of sp³-hybridized carbons (Fsp3) is 0.571. The number of hydrogen-bond donors (Lipinski definition) is 1. The molecule has 110 valence electrons. The minimum atomic E-state index is 0.00976. The van der Waals surface area contributed by atoms with Gasteiger partial charge in [0.05, 0.1) is 6.20 Å². The third-order valence-corrected chi connectivity index (χ3v) is 3.57. The van der Waals surface area contributed by atoms with Crippen LogP contribution >= 0.6 is 0 Å². The van der Waals surface area contributed by atoms with Crippen LogP contribution in [0.1, 0.15) is 13.8 Å². The second-order valence-electron chi connectivity index (χ2n) is 4.73. The van der Waals surface area contributed by atoms with E-state index in [1.54, 1.807) is 27.5 Å². The van der Waals surface area contributed by atoms with Crippen LogP contribution in [0.4, 0.5) is 0 Å². The number of fused-ring (bicyclic) bond motifs is 1. The van der Waals surface area contributed by atoms with Crippen LogP contribution in [0.2, 0.25) is 0 Å². The molecule has 0 bridgehead atoms. The number of nitrogens with one attached hydrogen (secondary N) is 1. The summed E-state index contributed by atoms with van der Waals surface area (Å²) in [6.45, 7) is 9.97. The van der Waals surface area contributed by atoms with Crippen molar-refractivity contribution in [2.24, 2.45) is 0 Å². The van der Waals surface area contributed by atoms with Crippen molar-refractivity contribution in [1.29, 1.82) is 0 Å². The Morgan fingerprint density at radius 1 is 1.25 bits per heavy atom. The van der Waals surface area contributed by atoms with Crippen molar-refractivity contribution in [1.82, 2.24) is 24.4 Å². The van der Waals surface area contributed by atoms with Gasteiger partial charge in [0.2, 0.25) is 0 Å². The molecule has 0 saturated carbocycles. The third kappa shape index (κ3) is 3.46. The van der Waals surface area contributed by atoms with E-state index in [4.69, 9.17) is 0 Å². The van der Waals surface area contributed by atoms with Gasteiger partial charge in [-0.25, -0.2) is 4.52 Å². The highest BCUT2D eigenvalue weighted by Gasteiger charge is 2.03. The molecule has 1 N–H and O–H groups in total. The Labute approximate surface area is 119 Å². The first kappa shape index (κ1) is 14.7. The van der Waals surface area contributed by atoms with Gasteiger partial charge in [-0.15, -0.1) is 0 Å². The van der Waals surface area contributed by atoms with Gasteiger partial charge in [-0.3, -0.25) is 4.79 Å². The van der Waals surface area contributed by atoms with Gasteiger partial charge in [-0.2, -0.15) is 5.10 Å². The van der Waals surface area contributed by atoms with E-state index < -0.39 is 0 Å². The van der Waals surface area contributed by atoms with Crippen molar-refractivity contribution < 1.29 is 0 Å². The number of hydrogen-bond acceptors (Lipinski definition) is 4. The van der Waals surface area contributed by atoms with Crippen molar-refractivity contribution in [2.45, 2.75) is 20.4 Å². The summed E-state index contributed by atoms with van der Waals surface area (Å²) in [6, 6.07) is 1.74. The predicted molar refractivity (Wildman–Crippen MR) is 80.1 cm³/mol. The molecule has 0 amide bonds. The largest absolute Gasteiger partial charge is 0.314 e. The lowest BCUT2D eigenvalue weighted by Gasteiger charge is -2.18. The summed E-state index contributed by atoms with van der Waals surface area (Å²) in [6.07, 6.45) is 5.24. The van der Waals surface area contributed by atoms with Gasteiger partial charge in [0.25, 0.3) is 5.56 Å². The second kappa shape index (κ2) is 7.21. The van der Waals surface area contributed by atoms with E-state index in [1.807, 2.05) is 6.20 Å². The van der Waals surface area contributed by atoms with Crippen LogP contribution in [-0.4, -0.2) is 51.8 Å². The zero-order valence-corrected chi connectivity index (χ0v) is 12.2. The number of aromatic nitrogens is 3. The summed E-state index contributed by atoms with van der Waals surface area (Å²) in [5.41, 5.74) is 0.631. The van der Waals surface area contributed by atoms with Crippen molar-refractivity contribution >= 4 is 5.52 Å². The third-order valence-electron chi connectivity index (χ3n) is 3.57. The minimum Gasteiger partial charge on any atom is -0.314 e. The SMILES string of the molecule is CCN(CC)CCNCCn1ccn2nccc2c1=O. The molecule has 0 aromatic carbocycles. The van der Waals surface area contributed by atoms with Gasteiger partial charge in [0.15, 0.2) is 0 Å². The Morgan fingerprint density at radius 3 is 2.80 bits per heavy atom. The lowest BCUT2D eigenvalue weighted by Crippen LogP contribution is -2.34. The normalized spacial score (nSPS) is 11.6. The van der Waals surface area contributed by atoms with Gasteiger partial charge in [-0.05, 0) is 19.2 Å². The summed E-state index contributed by atoms with van der Waals surface area (Å²) < 4.78 is 3.33. The first-order valence-electron chi connectivity index (χ1n) is 7.22. The molecule has 0 spiro atoms. The number of rotatable bonds is 8. The Balaban J connectivity index is 1.81. The molecule has 0 aliphatic carbocycles. The van der Waals surface area contributed by atoms with Gasteiger partial charge < -0.3 is 14.8 Å². The minimum absolute atomic E-state index is 0.00976. The van der Waals surface area contributed by atoms with Gasteiger partial charge in [-0.1, -0.05) is 13.8 Å². The van der Waals surface area contributed by atoms with Crippen molar-refractivity contribution in [2.75, 3.05) is 32.7 Å². The zero-order chi connectivity index (χ0) is 14.4. The van der Waals surface area contributed by atoms with Crippen LogP contribution in [0, 0.1) is 0 Å². The van der Waals surface area contributed by atoms with Crippen LogP contribution in [0.5, 0.6) is 0 Å². The monoisotopic (exact) mass is 277 g/mol.